The summed E-state index contributed by atoms with van der Waals surface area (Å²) in [5.41, 5.74) is 9.01. The lowest BCUT2D eigenvalue weighted by Crippen LogP contribution is -2.22. The minimum Gasteiger partial charge on any atom is -0.348 e. The molecule has 0 spiro atoms. The quantitative estimate of drug-likeness (QED) is 0.846. The van der Waals surface area contributed by atoms with Gasteiger partial charge in [0.25, 0.3) is 5.91 Å². The van der Waals surface area contributed by atoms with E-state index in [1.807, 2.05) is 37.3 Å². The van der Waals surface area contributed by atoms with Gasteiger partial charge in [0.05, 0.1) is 6.54 Å². The number of rotatable bonds is 3. The van der Waals surface area contributed by atoms with Crippen LogP contribution in [0.5, 0.6) is 0 Å². The smallest absolute Gasteiger partial charge is 0.251 e. The van der Waals surface area contributed by atoms with Crippen molar-refractivity contribution in [2.75, 3.05) is 6.54 Å². The van der Waals surface area contributed by atoms with Gasteiger partial charge in [0.1, 0.15) is 0 Å². The second-order valence-corrected chi connectivity index (χ2v) is 4.76. The molecule has 2 rings (SSSR count). The number of carbonyl (C=O) groups is 1. The number of amides is 1. The Balaban J connectivity index is 2.03. The Hall–Kier alpha value is -2.57. The molecular formula is C18H18N2O. The average Bonchev–Trinajstić information content (AvgIpc) is 2.51. The summed E-state index contributed by atoms with van der Waals surface area (Å²) >= 11 is 0. The lowest BCUT2D eigenvalue weighted by Gasteiger charge is -2.06. The number of benzene rings is 2. The molecule has 0 heterocycles. The minimum atomic E-state index is -0.104. The van der Waals surface area contributed by atoms with Gasteiger partial charge in [0, 0.05) is 17.7 Å². The van der Waals surface area contributed by atoms with E-state index in [9.17, 15) is 4.79 Å². The van der Waals surface area contributed by atoms with Crippen molar-refractivity contribution < 1.29 is 4.79 Å². The molecular weight excluding hydrogens is 260 g/mol. The highest BCUT2D eigenvalue weighted by molar-refractivity contribution is 5.94. The van der Waals surface area contributed by atoms with Crippen LogP contribution < -0.4 is 11.1 Å². The molecule has 106 valence electrons. The molecule has 0 atom stereocenters. The first-order valence-corrected chi connectivity index (χ1v) is 6.82. The van der Waals surface area contributed by atoms with E-state index >= 15 is 0 Å². The summed E-state index contributed by atoms with van der Waals surface area (Å²) in [6.45, 7) is 2.86. The second-order valence-electron chi connectivity index (χ2n) is 4.76. The summed E-state index contributed by atoms with van der Waals surface area (Å²) in [6, 6.07) is 15.3. The van der Waals surface area contributed by atoms with Gasteiger partial charge in [-0.2, -0.15) is 0 Å². The maximum atomic E-state index is 12.1. The highest BCUT2D eigenvalue weighted by Gasteiger charge is 2.05. The Kier molecular flexibility index (Phi) is 5.14. The average molecular weight is 278 g/mol. The molecule has 0 saturated heterocycles. The van der Waals surface area contributed by atoms with Crippen molar-refractivity contribution in [1.29, 1.82) is 0 Å². The van der Waals surface area contributed by atoms with Crippen LogP contribution in [0.4, 0.5) is 0 Å². The third kappa shape index (κ3) is 4.48. The van der Waals surface area contributed by atoms with Crippen molar-refractivity contribution in [1.82, 2.24) is 5.32 Å². The van der Waals surface area contributed by atoms with Gasteiger partial charge in [0.2, 0.25) is 0 Å². The lowest BCUT2D eigenvalue weighted by molar-refractivity contribution is 0.0951. The standard InChI is InChI=1S/C18H18N2O/c1-14-5-2-7-16(11-14)13-20-18(21)17-9-3-6-15(12-17)8-4-10-19/h2-3,5-7,9,11-12H,10,13,19H2,1H3,(H,20,21). The maximum absolute atomic E-state index is 12.1. The van der Waals surface area contributed by atoms with Crippen molar-refractivity contribution in [3.63, 3.8) is 0 Å². The molecule has 0 aromatic heterocycles. The van der Waals surface area contributed by atoms with Crippen molar-refractivity contribution in [2.24, 2.45) is 5.73 Å². The monoisotopic (exact) mass is 278 g/mol. The summed E-state index contributed by atoms with van der Waals surface area (Å²) < 4.78 is 0. The zero-order chi connectivity index (χ0) is 15.1. The molecule has 3 N–H and O–H groups in total. The molecule has 0 unspecified atom stereocenters. The van der Waals surface area contributed by atoms with E-state index in [0.717, 1.165) is 11.1 Å². The first-order chi connectivity index (χ1) is 10.2. The Morgan fingerprint density at radius 2 is 2.00 bits per heavy atom. The van der Waals surface area contributed by atoms with Crippen LogP contribution in [0.2, 0.25) is 0 Å². The number of hydrogen-bond acceptors (Lipinski definition) is 2. The molecule has 0 radical (unpaired) electrons. The van der Waals surface area contributed by atoms with Gasteiger partial charge in [-0.1, -0.05) is 47.7 Å². The first kappa shape index (κ1) is 14.8. The van der Waals surface area contributed by atoms with Gasteiger partial charge in [-0.15, -0.1) is 0 Å². The Bertz CT molecular complexity index is 696. The largest absolute Gasteiger partial charge is 0.348 e. The van der Waals surface area contributed by atoms with E-state index < -0.39 is 0 Å². The number of carbonyl (C=O) groups excluding carboxylic acids is 1. The fraction of sp³-hybridized carbons (Fsp3) is 0.167. The van der Waals surface area contributed by atoms with E-state index in [1.54, 1.807) is 12.1 Å². The van der Waals surface area contributed by atoms with Crippen LogP contribution in [-0.2, 0) is 6.54 Å². The van der Waals surface area contributed by atoms with Crippen LogP contribution in [0.25, 0.3) is 0 Å². The summed E-state index contributed by atoms with van der Waals surface area (Å²) in [7, 11) is 0. The Morgan fingerprint density at radius 3 is 2.76 bits per heavy atom. The molecule has 0 fully saturated rings. The molecule has 0 aliphatic rings. The molecule has 2 aromatic rings. The van der Waals surface area contributed by atoms with Crippen molar-refractivity contribution in [3.05, 3.63) is 70.8 Å². The molecule has 3 heteroatoms. The predicted octanol–water partition coefficient (Wildman–Crippen LogP) is 2.24. The number of nitrogens with one attached hydrogen (secondary N) is 1. The van der Waals surface area contributed by atoms with Gasteiger partial charge in [-0.3, -0.25) is 4.79 Å². The van der Waals surface area contributed by atoms with Crippen molar-refractivity contribution in [2.45, 2.75) is 13.5 Å². The zero-order valence-corrected chi connectivity index (χ0v) is 12.0. The maximum Gasteiger partial charge on any atom is 0.251 e. The van der Waals surface area contributed by atoms with E-state index in [2.05, 4.69) is 23.2 Å². The second kappa shape index (κ2) is 7.28. The SMILES string of the molecule is Cc1cccc(CNC(=O)c2cccc(C#CCN)c2)c1. The summed E-state index contributed by atoms with van der Waals surface area (Å²) in [6.07, 6.45) is 0. The van der Waals surface area contributed by atoms with E-state index in [1.165, 1.54) is 5.56 Å². The lowest BCUT2D eigenvalue weighted by atomic mass is 10.1. The Labute approximate surface area is 125 Å². The Morgan fingerprint density at radius 1 is 1.19 bits per heavy atom. The van der Waals surface area contributed by atoms with Crippen LogP contribution in [0, 0.1) is 18.8 Å². The molecule has 0 aliphatic carbocycles. The van der Waals surface area contributed by atoms with Gasteiger partial charge >= 0.3 is 0 Å². The number of nitrogens with two attached hydrogens (primary N) is 1. The van der Waals surface area contributed by atoms with Gasteiger partial charge in [-0.25, -0.2) is 0 Å². The summed E-state index contributed by atoms with van der Waals surface area (Å²) in [5, 5.41) is 2.91. The highest BCUT2D eigenvalue weighted by atomic mass is 16.1. The minimum absolute atomic E-state index is 0.104. The first-order valence-electron chi connectivity index (χ1n) is 6.82. The van der Waals surface area contributed by atoms with Crippen LogP contribution in [0.3, 0.4) is 0 Å². The van der Waals surface area contributed by atoms with Crippen LogP contribution >= 0.6 is 0 Å². The number of aryl methyl sites for hydroxylation is 1. The normalized spacial score (nSPS) is 9.62. The summed E-state index contributed by atoms with van der Waals surface area (Å²) in [5.74, 6) is 5.60. The molecule has 1 amide bonds. The van der Waals surface area contributed by atoms with Crippen LogP contribution in [0.1, 0.15) is 27.0 Å². The topological polar surface area (TPSA) is 55.1 Å². The highest BCUT2D eigenvalue weighted by Crippen LogP contribution is 2.06. The van der Waals surface area contributed by atoms with Gasteiger partial charge in [-0.05, 0) is 30.7 Å². The fourth-order valence-electron chi connectivity index (χ4n) is 2.00. The van der Waals surface area contributed by atoms with Crippen molar-refractivity contribution in [3.8, 4) is 11.8 Å². The third-order valence-electron chi connectivity index (χ3n) is 3.00. The molecule has 21 heavy (non-hydrogen) atoms. The molecule has 0 saturated carbocycles. The third-order valence-corrected chi connectivity index (χ3v) is 3.00. The number of hydrogen-bond donors (Lipinski definition) is 2. The summed E-state index contributed by atoms with van der Waals surface area (Å²) in [4.78, 5) is 12.1. The van der Waals surface area contributed by atoms with E-state index in [-0.39, 0.29) is 5.91 Å². The molecule has 0 bridgehead atoms. The molecule has 0 aliphatic heterocycles. The van der Waals surface area contributed by atoms with E-state index in [0.29, 0.717) is 18.7 Å². The fourth-order valence-corrected chi connectivity index (χ4v) is 2.00. The van der Waals surface area contributed by atoms with Crippen LogP contribution in [0.15, 0.2) is 48.5 Å². The van der Waals surface area contributed by atoms with Gasteiger partial charge < -0.3 is 11.1 Å². The predicted molar refractivity (Wildman–Crippen MR) is 84.7 cm³/mol. The van der Waals surface area contributed by atoms with Crippen LogP contribution in [-0.4, -0.2) is 12.5 Å². The molecule has 2 aromatic carbocycles. The van der Waals surface area contributed by atoms with E-state index in [4.69, 9.17) is 5.73 Å². The zero-order valence-electron chi connectivity index (χ0n) is 12.0. The van der Waals surface area contributed by atoms with Crippen molar-refractivity contribution >= 4 is 5.91 Å². The molecule has 3 nitrogen and oxygen atoms in total. The van der Waals surface area contributed by atoms with Gasteiger partial charge in [0.15, 0.2) is 0 Å².